The molecule has 0 aliphatic heterocycles. The summed E-state index contributed by atoms with van der Waals surface area (Å²) in [5, 5.41) is 7.17. The van der Waals surface area contributed by atoms with Crippen molar-refractivity contribution in [3.8, 4) is 28.5 Å². The first kappa shape index (κ1) is 17.0. The highest BCUT2D eigenvalue weighted by atomic mass is 19.3. The predicted molar refractivity (Wildman–Crippen MR) is 97.4 cm³/mol. The van der Waals surface area contributed by atoms with Gasteiger partial charge < -0.3 is 9.30 Å². The van der Waals surface area contributed by atoms with Crippen LogP contribution in [-0.2, 0) is 6.54 Å². The quantitative estimate of drug-likeness (QED) is 0.543. The minimum absolute atomic E-state index is 0.103. The molecule has 0 aliphatic carbocycles. The lowest BCUT2D eigenvalue weighted by atomic mass is 10.1. The lowest BCUT2D eigenvalue weighted by Gasteiger charge is -2.05. The smallest absolute Gasteiger partial charge is 0.387 e. The highest BCUT2D eigenvalue weighted by Crippen LogP contribution is 2.23. The molecule has 2 aromatic carbocycles. The monoisotopic (exact) mass is 366 g/mol. The minimum atomic E-state index is -2.84. The highest BCUT2D eigenvalue weighted by Gasteiger charge is 2.10. The Morgan fingerprint density at radius 2 is 1.74 bits per heavy atom. The van der Waals surface area contributed by atoms with E-state index in [2.05, 4.69) is 30.6 Å². The largest absolute Gasteiger partial charge is 0.435 e. The number of aromatic amines is 1. The summed E-state index contributed by atoms with van der Waals surface area (Å²) in [6.45, 7) is -2.07. The predicted octanol–water partition coefficient (Wildman–Crippen LogP) is 4.59. The van der Waals surface area contributed by atoms with Crippen LogP contribution in [0.2, 0.25) is 0 Å². The van der Waals surface area contributed by atoms with Crippen molar-refractivity contribution in [1.82, 2.24) is 19.7 Å². The number of nitrogens with one attached hydrogen (secondary N) is 1. The molecule has 0 aliphatic rings. The van der Waals surface area contributed by atoms with Crippen LogP contribution in [0.15, 0.2) is 73.1 Å². The van der Waals surface area contributed by atoms with E-state index in [-0.39, 0.29) is 5.75 Å². The SMILES string of the molecule is FC(F)Oc1ccc(-c2nc(-c3cccc(Cn4cccc4)c3)n[nH]2)cc1. The molecular formula is C20H16F2N4O. The molecule has 0 radical (unpaired) electrons. The number of rotatable bonds is 6. The Morgan fingerprint density at radius 1 is 0.963 bits per heavy atom. The van der Waals surface area contributed by atoms with Crippen molar-refractivity contribution in [3.05, 3.63) is 78.6 Å². The third-order valence-electron chi connectivity index (χ3n) is 4.05. The number of H-pyrrole nitrogens is 1. The normalized spacial score (nSPS) is 11.1. The van der Waals surface area contributed by atoms with E-state index in [4.69, 9.17) is 0 Å². The fraction of sp³-hybridized carbons (Fsp3) is 0.100. The van der Waals surface area contributed by atoms with E-state index < -0.39 is 6.61 Å². The molecule has 0 atom stereocenters. The maximum absolute atomic E-state index is 12.2. The third kappa shape index (κ3) is 4.03. The Labute approximate surface area is 154 Å². The van der Waals surface area contributed by atoms with Crippen LogP contribution < -0.4 is 4.74 Å². The Hall–Kier alpha value is -3.48. The van der Waals surface area contributed by atoms with Crippen molar-refractivity contribution in [2.24, 2.45) is 0 Å². The fourth-order valence-corrected chi connectivity index (χ4v) is 2.81. The van der Waals surface area contributed by atoms with E-state index in [1.807, 2.05) is 42.7 Å². The van der Waals surface area contributed by atoms with Crippen molar-refractivity contribution < 1.29 is 13.5 Å². The molecule has 0 amide bonds. The van der Waals surface area contributed by atoms with E-state index in [9.17, 15) is 8.78 Å². The molecular weight excluding hydrogens is 350 g/mol. The van der Waals surface area contributed by atoms with Crippen molar-refractivity contribution in [2.75, 3.05) is 0 Å². The molecule has 2 heterocycles. The summed E-state index contributed by atoms with van der Waals surface area (Å²) >= 11 is 0. The van der Waals surface area contributed by atoms with E-state index in [1.165, 1.54) is 12.1 Å². The second-order valence-electron chi connectivity index (χ2n) is 5.97. The fourth-order valence-electron chi connectivity index (χ4n) is 2.81. The molecule has 136 valence electrons. The third-order valence-corrected chi connectivity index (χ3v) is 4.05. The average Bonchev–Trinajstić information content (AvgIpc) is 3.34. The van der Waals surface area contributed by atoms with E-state index >= 15 is 0 Å². The summed E-state index contributed by atoms with van der Waals surface area (Å²) in [6, 6.07) is 18.3. The zero-order valence-electron chi connectivity index (χ0n) is 14.2. The molecule has 7 heteroatoms. The summed E-state index contributed by atoms with van der Waals surface area (Å²) in [4.78, 5) is 4.52. The van der Waals surface area contributed by atoms with Crippen molar-refractivity contribution in [3.63, 3.8) is 0 Å². The second-order valence-corrected chi connectivity index (χ2v) is 5.97. The average molecular weight is 366 g/mol. The van der Waals surface area contributed by atoms with Crippen LogP contribution in [0.4, 0.5) is 8.78 Å². The summed E-state index contributed by atoms with van der Waals surface area (Å²) in [5.74, 6) is 1.24. The molecule has 4 aromatic rings. The first-order chi connectivity index (χ1) is 13.2. The molecule has 0 unspecified atom stereocenters. The molecule has 0 saturated carbocycles. The Bertz CT molecular complexity index is 1010. The van der Waals surface area contributed by atoms with Gasteiger partial charge in [-0.05, 0) is 48.0 Å². The van der Waals surface area contributed by atoms with Crippen LogP contribution in [0.25, 0.3) is 22.8 Å². The van der Waals surface area contributed by atoms with Gasteiger partial charge in [0, 0.05) is 30.1 Å². The maximum Gasteiger partial charge on any atom is 0.387 e. The first-order valence-corrected chi connectivity index (χ1v) is 8.35. The number of alkyl halides is 2. The van der Waals surface area contributed by atoms with Crippen LogP contribution in [-0.4, -0.2) is 26.4 Å². The molecule has 5 nitrogen and oxygen atoms in total. The zero-order chi connectivity index (χ0) is 18.6. The molecule has 4 rings (SSSR count). The lowest BCUT2D eigenvalue weighted by Crippen LogP contribution is -2.01. The molecule has 0 bridgehead atoms. The van der Waals surface area contributed by atoms with Gasteiger partial charge in [0.2, 0.25) is 0 Å². The Balaban J connectivity index is 1.54. The number of halogens is 2. The number of hydrogen-bond donors (Lipinski definition) is 1. The van der Waals surface area contributed by atoms with Gasteiger partial charge in [-0.3, -0.25) is 5.10 Å². The number of ether oxygens (including phenoxy) is 1. The van der Waals surface area contributed by atoms with Gasteiger partial charge in [0.1, 0.15) is 5.75 Å². The Morgan fingerprint density at radius 3 is 2.48 bits per heavy atom. The molecule has 0 spiro atoms. The summed E-state index contributed by atoms with van der Waals surface area (Å²) in [5.41, 5.74) is 2.78. The van der Waals surface area contributed by atoms with Gasteiger partial charge in [-0.1, -0.05) is 18.2 Å². The van der Waals surface area contributed by atoms with E-state index in [0.717, 1.165) is 23.2 Å². The molecule has 27 heavy (non-hydrogen) atoms. The van der Waals surface area contributed by atoms with E-state index in [1.54, 1.807) is 12.1 Å². The van der Waals surface area contributed by atoms with Crippen LogP contribution >= 0.6 is 0 Å². The highest BCUT2D eigenvalue weighted by molar-refractivity contribution is 5.62. The van der Waals surface area contributed by atoms with Gasteiger partial charge >= 0.3 is 6.61 Å². The van der Waals surface area contributed by atoms with Crippen LogP contribution in [0, 0.1) is 0 Å². The van der Waals surface area contributed by atoms with Crippen molar-refractivity contribution in [2.45, 2.75) is 13.2 Å². The first-order valence-electron chi connectivity index (χ1n) is 8.35. The maximum atomic E-state index is 12.2. The van der Waals surface area contributed by atoms with Crippen molar-refractivity contribution in [1.29, 1.82) is 0 Å². The minimum Gasteiger partial charge on any atom is -0.435 e. The standard InChI is InChI=1S/C20H16F2N4O/c21-20(22)27-17-8-6-15(7-9-17)18-23-19(25-24-18)16-5-3-4-14(12-16)13-26-10-1-2-11-26/h1-12,20H,13H2,(H,23,24,25). The van der Waals surface area contributed by atoms with Crippen molar-refractivity contribution >= 4 is 0 Å². The lowest BCUT2D eigenvalue weighted by molar-refractivity contribution is -0.0498. The summed E-state index contributed by atoms with van der Waals surface area (Å²) in [7, 11) is 0. The van der Waals surface area contributed by atoms with Gasteiger partial charge in [-0.25, -0.2) is 4.98 Å². The number of nitrogens with zero attached hydrogens (tertiary/aromatic N) is 3. The second kappa shape index (κ2) is 7.41. The van der Waals surface area contributed by atoms with Gasteiger partial charge in [0.05, 0.1) is 0 Å². The number of hydrogen-bond acceptors (Lipinski definition) is 3. The van der Waals surface area contributed by atoms with Gasteiger partial charge in [-0.15, -0.1) is 0 Å². The van der Waals surface area contributed by atoms with Gasteiger partial charge in [0.15, 0.2) is 11.6 Å². The molecule has 2 aromatic heterocycles. The Kier molecular flexibility index (Phi) is 4.65. The molecule has 0 fully saturated rings. The van der Waals surface area contributed by atoms with Crippen LogP contribution in [0.1, 0.15) is 5.56 Å². The van der Waals surface area contributed by atoms with E-state index in [0.29, 0.717) is 11.6 Å². The topological polar surface area (TPSA) is 55.7 Å². The van der Waals surface area contributed by atoms with Gasteiger partial charge in [0.25, 0.3) is 0 Å². The zero-order valence-corrected chi connectivity index (χ0v) is 14.2. The molecule has 1 N–H and O–H groups in total. The number of aromatic nitrogens is 4. The number of benzene rings is 2. The molecule has 0 saturated heterocycles. The summed E-state index contributed by atoms with van der Waals surface area (Å²) < 4.78 is 30.9. The van der Waals surface area contributed by atoms with Gasteiger partial charge in [-0.2, -0.15) is 13.9 Å². The summed E-state index contributed by atoms with van der Waals surface area (Å²) in [6.07, 6.45) is 4.03. The van der Waals surface area contributed by atoms with Crippen LogP contribution in [0.5, 0.6) is 5.75 Å². The van der Waals surface area contributed by atoms with Crippen LogP contribution in [0.3, 0.4) is 0 Å².